The van der Waals surface area contributed by atoms with Crippen molar-refractivity contribution in [1.29, 1.82) is 0 Å². The summed E-state index contributed by atoms with van der Waals surface area (Å²) >= 11 is 13.4. The van der Waals surface area contributed by atoms with Crippen LogP contribution in [0.3, 0.4) is 0 Å². The van der Waals surface area contributed by atoms with E-state index in [0.717, 1.165) is 22.2 Å². The van der Waals surface area contributed by atoms with Crippen LogP contribution in [0.25, 0.3) is 28.1 Å². The van der Waals surface area contributed by atoms with Gasteiger partial charge in [0.05, 0.1) is 5.69 Å². The highest BCUT2D eigenvalue weighted by Gasteiger charge is 2.07. The zero-order valence-corrected chi connectivity index (χ0v) is 16.9. The molecule has 3 aromatic carbocycles. The molecule has 0 fully saturated rings. The number of carbonyl (C=O) groups excluding carboxylic acids is 1. The summed E-state index contributed by atoms with van der Waals surface area (Å²) in [5, 5.41) is 8.63. The monoisotopic (exact) mass is 424 g/mol. The number of nitrogens with one attached hydrogen (secondary N) is 1. The van der Waals surface area contributed by atoms with Gasteiger partial charge in [-0.15, -0.1) is 11.3 Å². The first-order chi connectivity index (χ1) is 13.6. The molecule has 1 N–H and O–H groups in total. The number of nitrogens with zero attached hydrogens (tertiary/aromatic N) is 1. The van der Waals surface area contributed by atoms with E-state index >= 15 is 0 Å². The van der Waals surface area contributed by atoms with Crippen molar-refractivity contribution < 1.29 is 4.79 Å². The molecular formula is C22H14Cl2N2OS. The van der Waals surface area contributed by atoms with E-state index < -0.39 is 0 Å². The molecule has 0 unspecified atom stereocenters. The third-order valence-electron chi connectivity index (χ3n) is 4.16. The number of carbonyl (C=O) groups is 1. The van der Waals surface area contributed by atoms with Gasteiger partial charge in [0.25, 0.3) is 0 Å². The summed E-state index contributed by atoms with van der Waals surface area (Å²) in [7, 11) is 0. The molecule has 1 amide bonds. The lowest BCUT2D eigenvalue weighted by Gasteiger charge is -2.01. The summed E-state index contributed by atoms with van der Waals surface area (Å²) in [5.74, 6) is -0.273. The number of benzene rings is 3. The minimum Gasteiger partial charge on any atom is -0.298 e. The van der Waals surface area contributed by atoms with Gasteiger partial charge in [-0.2, -0.15) is 0 Å². The number of aromatic nitrogens is 1. The fraction of sp³-hybridized carbons (Fsp3) is 0. The Labute approximate surface area is 176 Å². The first-order valence-electron chi connectivity index (χ1n) is 8.47. The van der Waals surface area contributed by atoms with Crippen molar-refractivity contribution in [1.82, 2.24) is 4.98 Å². The number of hydrogen-bond donors (Lipinski definition) is 1. The molecule has 0 aliphatic heterocycles. The molecule has 0 saturated carbocycles. The molecule has 28 heavy (non-hydrogen) atoms. The number of amides is 1. The molecule has 138 valence electrons. The summed E-state index contributed by atoms with van der Waals surface area (Å²) in [6, 6.07) is 19.5. The highest BCUT2D eigenvalue weighted by molar-refractivity contribution is 7.14. The van der Waals surface area contributed by atoms with Gasteiger partial charge in [-0.1, -0.05) is 65.7 Å². The van der Waals surface area contributed by atoms with Crippen LogP contribution in [-0.4, -0.2) is 10.9 Å². The number of rotatable bonds is 4. The van der Waals surface area contributed by atoms with E-state index in [4.69, 9.17) is 23.2 Å². The Morgan fingerprint density at radius 2 is 1.82 bits per heavy atom. The van der Waals surface area contributed by atoms with E-state index in [1.54, 1.807) is 24.3 Å². The van der Waals surface area contributed by atoms with Crippen molar-refractivity contribution in [2.45, 2.75) is 0 Å². The number of hydrogen-bond acceptors (Lipinski definition) is 3. The van der Waals surface area contributed by atoms with Crippen molar-refractivity contribution >= 4 is 62.4 Å². The second-order valence-corrected chi connectivity index (χ2v) is 7.79. The molecule has 4 aromatic rings. The quantitative estimate of drug-likeness (QED) is 0.361. The van der Waals surface area contributed by atoms with Gasteiger partial charge in [-0.05, 0) is 40.6 Å². The van der Waals surface area contributed by atoms with E-state index in [1.165, 1.54) is 22.8 Å². The molecule has 6 heteroatoms. The van der Waals surface area contributed by atoms with Crippen molar-refractivity contribution in [3.63, 3.8) is 0 Å². The zero-order valence-electron chi connectivity index (χ0n) is 14.5. The smallest absolute Gasteiger partial charge is 0.250 e. The lowest BCUT2D eigenvalue weighted by Crippen LogP contribution is -2.07. The SMILES string of the molecule is O=C(C=Cc1ccc(Cl)cc1Cl)Nc1nc(-c2ccc3ccccc3c2)cs1. The zero-order chi connectivity index (χ0) is 19.5. The summed E-state index contributed by atoms with van der Waals surface area (Å²) in [6.45, 7) is 0. The van der Waals surface area contributed by atoms with Crippen molar-refractivity contribution in [3.05, 3.63) is 87.7 Å². The standard InChI is InChI=1S/C22H14Cl2N2OS/c23-18-9-7-15(19(24)12-18)8-10-21(27)26-22-25-20(13-28-22)17-6-5-14-3-1-2-4-16(14)11-17/h1-13H,(H,25,26,27). The molecule has 0 aliphatic rings. The van der Waals surface area contributed by atoms with Gasteiger partial charge < -0.3 is 0 Å². The predicted molar refractivity (Wildman–Crippen MR) is 119 cm³/mol. The van der Waals surface area contributed by atoms with Crippen LogP contribution in [-0.2, 0) is 4.79 Å². The van der Waals surface area contributed by atoms with Gasteiger partial charge in [-0.3, -0.25) is 10.1 Å². The molecule has 0 bridgehead atoms. The van der Waals surface area contributed by atoms with Gasteiger partial charge in [0.1, 0.15) is 0 Å². The van der Waals surface area contributed by atoms with E-state index in [2.05, 4.69) is 34.6 Å². The van der Waals surface area contributed by atoms with Crippen molar-refractivity contribution in [2.24, 2.45) is 0 Å². The molecule has 4 rings (SSSR count). The normalized spacial score (nSPS) is 11.2. The number of fused-ring (bicyclic) bond motifs is 1. The molecule has 0 spiro atoms. The van der Waals surface area contributed by atoms with E-state index in [1.807, 2.05) is 23.6 Å². The Balaban J connectivity index is 1.48. The Bertz CT molecular complexity index is 1200. The molecular weight excluding hydrogens is 411 g/mol. The maximum atomic E-state index is 12.2. The second kappa shape index (κ2) is 8.15. The molecule has 3 nitrogen and oxygen atoms in total. The van der Waals surface area contributed by atoms with Gasteiger partial charge in [0.15, 0.2) is 5.13 Å². The van der Waals surface area contributed by atoms with Crippen LogP contribution in [0.5, 0.6) is 0 Å². The number of anilines is 1. The van der Waals surface area contributed by atoms with Gasteiger partial charge in [-0.25, -0.2) is 4.98 Å². The van der Waals surface area contributed by atoms with Crippen LogP contribution in [0.1, 0.15) is 5.56 Å². The maximum Gasteiger partial charge on any atom is 0.250 e. The Kier molecular flexibility index (Phi) is 5.44. The fourth-order valence-corrected chi connectivity index (χ4v) is 3.96. The van der Waals surface area contributed by atoms with E-state index in [-0.39, 0.29) is 5.91 Å². The topological polar surface area (TPSA) is 42.0 Å². The lowest BCUT2D eigenvalue weighted by molar-refractivity contribution is -0.111. The molecule has 0 aliphatic carbocycles. The van der Waals surface area contributed by atoms with Crippen LogP contribution < -0.4 is 5.32 Å². The van der Waals surface area contributed by atoms with E-state index in [0.29, 0.717) is 15.2 Å². The average Bonchev–Trinajstić information content (AvgIpc) is 3.15. The first-order valence-corrected chi connectivity index (χ1v) is 10.1. The number of thiazole rings is 1. The first kappa shape index (κ1) is 18.7. The highest BCUT2D eigenvalue weighted by Crippen LogP contribution is 2.28. The number of halogens is 2. The molecule has 1 heterocycles. The van der Waals surface area contributed by atoms with Gasteiger partial charge >= 0.3 is 0 Å². The van der Waals surface area contributed by atoms with Crippen LogP contribution in [0.4, 0.5) is 5.13 Å². The summed E-state index contributed by atoms with van der Waals surface area (Å²) in [4.78, 5) is 16.7. The van der Waals surface area contributed by atoms with Crippen molar-refractivity contribution in [3.8, 4) is 11.3 Å². The Morgan fingerprint density at radius 1 is 1.00 bits per heavy atom. The predicted octanol–water partition coefficient (Wildman–Crippen LogP) is 6.92. The van der Waals surface area contributed by atoms with Crippen LogP contribution >= 0.6 is 34.5 Å². The molecule has 0 saturated heterocycles. The van der Waals surface area contributed by atoms with Gasteiger partial charge in [0.2, 0.25) is 5.91 Å². The summed E-state index contributed by atoms with van der Waals surface area (Å²) in [5.41, 5.74) is 2.56. The summed E-state index contributed by atoms with van der Waals surface area (Å²) in [6.07, 6.45) is 3.07. The van der Waals surface area contributed by atoms with Crippen LogP contribution in [0.15, 0.2) is 72.1 Å². The van der Waals surface area contributed by atoms with Crippen molar-refractivity contribution in [2.75, 3.05) is 5.32 Å². The third kappa shape index (κ3) is 4.25. The van der Waals surface area contributed by atoms with Crippen LogP contribution in [0, 0.1) is 0 Å². The lowest BCUT2D eigenvalue weighted by atomic mass is 10.1. The summed E-state index contributed by atoms with van der Waals surface area (Å²) < 4.78 is 0. The second-order valence-electron chi connectivity index (χ2n) is 6.09. The molecule has 1 aromatic heterocycles. The van der Waals surface area contributed by atoms with Gasteiger partial charge in [0, 0.05) is 27.1 Å². The molecule has 0 radical (unpaired) electrons. The minimum atomic E-state index is -0.273. The largest absolute Gasteiger partial charge is 0.298 e. The molecule has 0 atom stereocenters. The van der Waals surface area contributed by atoms with Crippen LogP contribution in [0.2, 0.25) is 10.0 Å². The third-order valence-corrected chi connectivity index (χ3v) is 5.48. The Morgan fingerprint density at radius 3 is 2.64 bits per heavy atom. The van der Waals surface area contributed by atoms with E-state index in [9.17, 15) is 4.79 Å². The highest BCUT2D eigenvalue weighted by atomic mass is 35.5. The Hall–Kier alpha value is -2.66. The fourth-order valence-electron chi connectivity index (χ4n) is 2.76. The average molecular weight is 425 g/mol. The maximum absolute atomic E-state index is 12.2. The minimum absolute atomic E-state index is 0.273.